The minimum atomic E-state index is -0.216. The molecule has 0 aromatic heterocycles. The van der Waals surface area contributed by atoms with E-state index >= 15 is 0 Å². The third-order valence-corrected chi connectivity index (χ3v) is 5.11. The number of benzene rings is 2. The first-order chi connectivity index (χ1) is 14.6. The SMILES string of the molecule is CNC(=O)c1cccc(NCC(=O)Nc2ccc(C(=O)N3CCCCCC3)cc2)c1. The highest BCUT2D eigenvalue weighted by Gasteiger charge is 2.17. The summed E-state index contributed by atoms with van der Waals surface area (Å²) in [6.45, 7) is 1.68. The minimum Gasteiger partial charge on any atom is -0.376 e. The van der Waals surface area contributed by atoms with Crippen molar-refractivity contribution in [2.45, 2.75) is 25.7 Å². The Balaban J connectivity index is 1.52. The van der Waals surface area contributed by atoms with Crippen molar-refractivity contribution in [2.75, 3.05) is 37.3 Å². The second-order valence-corrected chi connectivity index (χ2v) is 7.35. The van der Waals surface area contributed by atoms with Crippen LogP contribution in [-0.4, -0.2) is 49.3 Å². The molecule has 1 fully saturated rings. The lowest BCUT2D eigenvalue weighted by Crippen LogP contribution is -2.31. The zero-order valence-electron chi connectivity index (χ0n) is 17.2. The maximum absolute atomic E-state index is 12.6. The van der Waals surface area contributed by atoms with Crippen molar-refractivity contribution in [3.8, 4) is 0 Å². The van der Waals surface area contributed by atoms with Gasteiger partial charge < -0.3 is 20.9 Å². The molecule has 0 spiro atoms. The van der Waals surface area contributed by atoms with Crippen LogP contribution < -0.4 is 16.0 Å². The number of carbonyl (C=O) groups is 3. The van der Waals surface area contributed by atoms with Crippen molar-refractivity contribution in [3.05, 3.63) is 59.7 Å². The summed E-state index contributed by atoms with van der Waals surface area (Å²) in [5.74, 6) is -0.350. The largest absolute Gasteiger partial charge is 0.376 e. The van der Waals surface area contributed by atoms with Gasteiger partial charge in [-0.25, -0.2) is 0 Å². The molecular weight excluding hydrogens is 380 g/mol. The van der Waals surface area contributed by atoms with E-state index in [0.717, 1.165) is 25.9 Å². The van der Waals surface area contributed by atoms with E-state index in [-0.39, 0.29) is 24.3 Å². The molecule has 0 atom stereocenters. The Morgan fingerprint density at radius 2 is 1.57 bits per heavy atom. The first kappa shape index (κ1) is 21.4. The Kier molecular flexibility index (Phi) is 7.43. The van der Waals surface area contributed by atoms with Crippen LogP contribution in [0.4, 0.5) is 11.4 Å². The highest BCUT2D eigenvalue weighted by Crippen LogP contribution is 2.16. The Hall–Kier alpha value is -3.35. The first-order valence-corrected chi connectivity index (χ1v) is 10.3. The van der Waals surface area contributed by atoms with Crippen LogP contribution in [0.15, 0.2) is 48.5 Å². The number of amides is 3. The minimum absolute atomic E-state index is 0.0486. The van der Waals surface area contributed by atoms with E-state index in [1.807, 2.05) is 4.90 Å². The zero-order valence-corrected chi connectivity index (χ0v) is 17.2. The maximum atomic E-state index is 12.6. The maximum Gasteiger partial charge on any atom is 0.253 e. The van der Waals surface area contributed by atoms with Crippen LogP contribution in [0.2, 0.25) is 0 Å². The van der Waals surface area contributed by atoms with Gasteiger partial charge in [0.25, 0.3) is 11.8 Å². The van der Waals surface area contributed by atoms with E-state index in [1.54, 1.807) is 55.6 Å². The highest BCUT2D eigenvalue weighted by molar-refractivity contribution is 5.97. The van der Waals surface area contributed by atoms with Gasteiger partial charge in [0, 0.05) is 42.6 Å². The topological polar surface area (TPSA) is 90.5 Å². The van der Waals surface area contributed by atoms with Crippen molar-refractivity contribution in [1.29, 1.82) is 0 Å². The Morgan fingerprint density at radius 3 is 2.23 bits per heavy atom. The fourth-order valence-electron chi connectivity index (χ4n) is 3.45. The van der Waals surface area contributed by atoms with Crippen LogP contribution in [0.3, 0.4) is 0 Å². The van der Waals surface area contributed by atoms with Crippen LogP contribution >= 0.6 is 0 Å². The smallest absolute Gasteiger partial charge is 0.253 e. The molecule has 0 unspecified atom stereocenters. The number of nitrogens with one attached hydrogen (secondary N) is 3. The van der Waals surface area contributed by atoms with Gasteiger partial charge in [-0.15, -0.1) is 0 Å². The molecular formula is C23H28N4O3. The van der Waals surface area contributed by atoms with Gasteiger partial charge in [0.05, 0.1) is 6.54 Å². The highest BCUT2D eigenvalue weighted by atomic mass is 16.2. The summed E-state index contributed by atoms with van der Waals surface area (Å²) in [6.07, 6.45) is 4.47. The number of hydrogen-bond donors (Lipinski definition) is 3. The summed E-state index contributed by atoms with van der Waals surface area (Å²) < 4.78 is 0. The number of rotatable bonds is 6. The van der Waals surface area contributed by atoms with Crippen molar-refractivity contribution in [2.24, 2.45) is 0 Å². The third kappa shape index (κ3) is 5.83. The molecule has 0 saturated carbocycles. The summed E-state index contributed by atoms with van der Waals surface area (Å²) in [5.41, 5.74) is 2.48. The molecule has 1 aliphatic heterocycles. The van der Waals surface area contributed by atoms with Gasteiger partial charge in [0.15, 0.2) is 0 Å². The summed E-state index contributed by atoms with van der Waals surface area (Å²) in [7, 11) is 1.57. The molecule has 1 heterocycles. The normalized spacial score (nSPS) is 13.8. The van der Waals surface area contributed by atoms with E-state index in [2.05, 4.69) is 16.0 Å². The summed E-state index contributed by atoms with van der Waals surface area (Å²) >= 11 is 0. The Labute approximate surface area is 176 Å². The van der Waals surface area contributed by atoms with Crippen molar-refractivity contribution in [3.63, 3.8) is 0 Å². The Bertz CT molecular complexity index is 888. The van der Waals surface area contributed by atoms with Gasteiger partial charge in [-0.1, -0.05) is 18.9 Å². The van der Waals surface area contributed by atoms with Crippen LogP contribution in [0.25, 0.3) is 0 Å². The van der Waals surface area contributed by atoms with E-state index < -0.39 is 0 Å². The van der Waals surface area contributed by atoms with Gasteiger partial charge in [-0.3, -0.25) is 14.4 Å². The van der Waals surface area contributed by atoms with Gasteiger partial charge in [-0.2, -0.15) is 0 Å². The molecule has 1 aliphatic rings. The predicted molar refractivity (Wildman–Crippen MR) is 118 cm³/mol. The van der Waals surface area contributed by atoms with Crippen LogP contribution in [-0.2, 0) is 4.79 Å². The number of carbonyl (C=O) groups excluding carboxylic acids is 3. The van der Waals surface area contributed by atoms with Crippen LogP contribution in [0, 0.1) is 0 Å². The lowest BCUT2D eigenvalue weighted by Gasteiger charge is -2.20. The molecule has 7 nitrogen and oxygen atoms in total. The fourth-order valence-corrected chi connectivity index (χ4v) is 3.45. The zero-order chi connectivity index (χ0) is 21.3. The summed E-state index contributed by atoms with van der Waals surface area (Å²) in [6, 6.07) is 13.9. The second-order valence-electron chi connectivity index (χ2n) is 7.35. The standard InChI is InChI=1S/C23H28N4O3/c1-24-22(29)18-7-6-8-20(15-18)25-16-21(28)26-19-11-9-17(10-12-19)23(30)27-13-4-2-3-5-14-27/h6-12,15,25H,2-5,13-14,16H2,1H3,(H,24,29)(H,26,28). The van der Waals surface area contributed by atoms with E-state index in [1.165, 1.54) is 12.8 Å². The van der Waals surface area contributed by atoms with Gasteiger partial charge in [0.2, 0.25) is 5.91 Å². The summed E-state index contributed by atoms with van der Waals surface area (Å²) in [4.78, 5) is 38.5. The Morgan fingerprint density at radius 1 is 0.867 bits per heavy atom. The molecule has 3 amide bonds. The van der Waals surface area contributed by atoms with E-state index in [0.29, 0.717) is 22.5 Å². The number of hydrogen-bond acceptors (Lipinski definition) is 4. The first-order valence-electron chi connectivity index (χ1n) is 10.3. The quantitative estimate of drug-likeness (QED) is 0.685. The second kappa shape index (κ2) is 10.4. The predicted octanol–water partition coefficient (Wildman–Crippen LogP) is 3.11. The van der Waals surface area contributed by atoms with Gasteiger partial charge in [0.1, 0.15) is 0 Å². The molecule has 30 heavy (non-hydrogen) atoms. The molecule has 2 aromatic carbocycles. The molecule has 7 heteroatoms. The molecule has 0 radical (unpaired) electrons. The molecule has 3 rings (SSSR count). The molecule has 0 aliphatic carbocycles. The third-order valence-electron chi connectivity index (χ3n) is 5.11. The monoisotopic (exact) mass is 408 g/mol. The van der Waals surface area contributed by atoms with E-state index in [9.17, 15) is 14.4 Å². The molecule has 2 aromatic rings. The molecule has 0 bridgehead atoms. The molecule has 158 valence electrons. The van der Waals surface area contributed by atoms with Crippen molar-refractivity contribution in [1.82, 2.24) is 10.2 Å². The summed E-state index contributed by atoms with van der Waals surface area (Å²) in [5, 5.41) is 8.39. The van der Waals surface area contributed by atoms with E-state index in [4.69, 9.17) is 0 Å². The average molecular weight is 409 g/mol. The van der Waals surface area contributed by atoms with Crippen LogP contribution in [0.1, 0.15) is 46.4 Å². The van der Waals surface area contributed by atoms with Crippen molar-refractivity contribution >= 4 is 29.1 Å². The number of likely N-dealkylation sites (tertiary alicyclic amines) is 1. The molecule has 3 N–H and O–H groups in total. The van der Waals surface area contributed by atoms with Crippen LogP contribution in [0.5, 0.6) is 0 Å². The fraction of sp³-hybridized carbons (Fsp3) is 0.348. The van der Waals surface area contributed by atoms with Crippen molar-refractivity contribution < 1.29 is 14.4 Å². The average Bonchev–Trinajstić information content (AvgIpc) is 3.07. The lowest BCUT2D eigenvalue weighted by atomic mass is 10.1. The van der Waals surface area contributed by atoms with Gasteiger partial charge in [-0.05, 0) is 55.3 Å². The molecule has 1 saturated heterocycles. The number of nitrogens with zero attached hydrogens (tertiary/aromatic N) is 1. The number of anilines is 2. The van der Waals surface area contributed by atoms with Gasteiger partial charge >= 0.3 is 0 Å². The lowest BCUT2D eigenvalue weighted by molar-refractivity contribution is -0.114.